The number of nitrogens with zero attached hydrogens (tertiary/aromatic N) is 2. The van der Waals surface area contributed by atoms with Gasteiger partial charge in [0.25, 0.3) is 0 Å². The van der Waals surface area contributed by atoms with Gasteiger partial charge >= 0.3 is 0 Å². The fourth-order valence-corrected chi connectivity index (χ4v) is 0.973. The summed E-state index contributed by atoms with van der Waals surface area (Å²) in [4.78, 5) is 27.1. The van der Waals surface area contributed by atoms with Gasteiger partial charge in [0.1, 0.15) is 0 Å². The molecule has 0 atom stereocenters. The molecule has 4 heteroatoms. The molecule has 4 nitrogen and oxygen atoms in total. The summed E-state index contributed by atoms with van der Waals surface area (Å²) in [6.07, 6.45) is 9.12. The first kappa shape index (κ1) is 9.07. The SMILES string of the molecule is C=C1C=CC=CC1(N=C=O)N=C=O. The predicted octanol–water partition coefficient (Wildman–Crippen LogP) is 1.04. The molecule has 0 heterocycles. The van der Waals surface area contributed by atoms with Crippen molar-refractivity contribution >= 4 is 12.2 Å². The van der Waals surface area contributed by atoms with Crippen molar-refractivity contribution in [2.45, 2.75) is 5.66 Å². The summed E-state index contributed by atoms with van der Waals surface area (Å²) in [5.41, 5.74) is -0.889. The summed E-state index contributed by atoms with van der Waals surface area (Å²) < 4.78 is 0. The zero-order valence-corrected chi connectivity index (χ0v) is 6.73. The van der Waals surface area contributed by atoms with Crippen molar-refractivity contribution in [1.82, 2.24) is 0 Å². The van der Waals surface area contributed by atoms with E-state index in [4.69, 9.17) is 0 Å². The molecule has 0 aromatic rings. The second-order valence-electron chi connectivity index (χ2n) is 2.38. The predicted molar refractivity (Wildman–Crippen MR) is 46.4 cm³/mol. The third kappa shape index (κ3) is 1.59. The van der Waals surface area contributed by atoms with Crippen molar-refractivity contribution in [3.63, 3.8) is 0 Å². The molecule has 0 saturated heterocycles. The van der Waals surface area contributed by atoms with Gasteiger partial charge in [-0.25, -0.2) is 9.59 Å². The van der Waals surface area contributed by atoms with Crippen LogP contribution in [0.2, 0.25) is 0 Å². The molecule has 13 heavy (non-hydrogen) atoms. The molecule has 0 spiro atoms. The van der Waals surface area contributed by atoms with Crippen molar-refractivity contribution in [2.75, 3.05) is 0 Å². The number of rotatable bonds is 2. The van der Waals surface area contributed by atoms with E-state index in [1.165, 1.54) is 18.2 Å². The zero-order valence-electron chi connectivity index (χ0n) is 6.73. The van der Waals surface area contributed by atoms with Crippen LogP contribution in [0.15, 0.2) is 46.4 Å². The van der Waals surface area contributed by atoms with Gasteiger partial charge in [-0.15, -0.1) is 0 Å². The standard InChI is InChI=1S/C9H6N2O2/c1-8-4-2-3-5-9(8,10-6-12)11-7-13/h2-5H,1H2. The second-order valence-corrected chi connectivity index (χ2v) is 2.38. The molecule has 0 aromatic carbocycles. The molecule has 0 fully saturated rings. The summed E-state index contributed by atoms with van der Waals surface area (Å²) >= 11 is 0. The van der Waals surface area contributed by atoms with Crippen LogP contribution >= 0.6 is 0 Å². The van der Waals surface area contributed by atoms with E-state index in [0.717, 1.165) is 0 Å². The van der Waals surface area contributed by atoms with Crippen LogP contribution in [0.4, 0.5) is 0 Å². The molecule has 64 valence electrons. The molecule has 0 bridgehead atoms. The first-order valence-electron chi connectivity index (χ1n) is 3.48. The van der Waals surface area contributed by atoms with Crippen LogP contribution in [0, 0.1) is 0 Å². The van der Waals surface area contributed by atoms with Gasteiger partial charge in [0.2, 0.25) is 17.8 Å². The topological polar surface area (TPSA) is 58.9 Å². The van der Waals surface area contributed by atoms with Gasteiger partial charge in [0.15, 0.2) is 0 Å². The number of isocyanates is 2. The lowest BCUT2D eigenvalue weighted by atomic mass is 9.97. The molecule has 1 aliphatic carbocycles. The third-order valence-corrected chi connectivity index (χ3v) is 1.64. The minimum atomic E-state index is -1.32. The maximum Gasteiger partial charge on any atom is 0.238 e. The number of aliphatic imine (C=N–C) groups is 2. The molecule has 0 aliphatic heterocycles. The Morgan fingerprint density at radius 1 is 1.23 bits per heavy atom. The number of carbonyl (C=O) groups excluding carboxylic acids is 2. The second kappa shape index (κ2) is 3.59. The number of hydrogen-bond acceptors (Lipinski definition) is 4. The fourth-order valence-electron chi connectivity index (χ4n) is 0.973. The van der Waals surface area contributed by atoms with Gasteiger partial charge in [-0.3, -0.25) is 0 Å². The van der Waals surface area contributed by atoms with Gasteiger partial charge in [0, 0.05) is 0 Å². The molecule has 1 aliphatic rings. The zero-order chi connectivity index (χ0) is 9.73. The Labute approximate surface area is 74.7 Å². The van der Waals surface area contributed by atoms with E-state index < -0.39 is 5.66 Å². The van der Waals surface area contributed by atoms with E-state index in [0.29, 0.717) is 5.57 Å². The van der Waals surface area contributed by atoms with Crippen LogP contribution in [0.1, 0.15) is 0 Å². The third-order valence-electron chi connectivity index (χ3n) is 1.64. The van der Waals surface area contributed by atoms with Crippen LogP contribution in [-0.2, 0) is 9.59 Å². The Kier molecular flexibility index (Phi) is 2.50. The van der Waals surface area contributed by atoms with E-state index >= 15 is 0 Å². The summed E-state index contributed by atoms with van der Waals surface area (Å²) in [6.45, 7) is 3.62. The molecular formula is C9H6N2O2. The molecule has 0 N–H and O–H groups in total. The Bertz CT molecular complexity index is 362. The largest absolute Gasteiger partial charge is 0.238 e. The van der Waals surface area contributed by atoms with Crippen molar-refractivity contribution in [3.05, 3.63) is 36.5 Å². The lowest BCUT2D eigenvalue weighted by molar-refractivity contribution is 0.541. The number of allylic oxidation sites excluding steroid dienone is 2. The minimum absolute atomic E-state index is 0.432. The van der Waals surface area contributed by atoms with Crippen LogP contribution in [0.25, 0.3) is 0 Å². The molecule has 0 saturated carbocycles. The molecule has 0 aromatic heterocycles. The van der Waals surface area contributed by atoms with Crippen LogP contribution < -0.4 is 0 Å². The van der Waals surface area contributed by atoms with E-state index in [1.807, 2.05) is 0 Å². The van der Waals surface area contributed by atoms with Crippen LogP contribution in [-0.4, -0.2) is 17.8 Å². The molecular weight excluding hydrogens is 168 g/mol. The van der Waals surface area contributed by atoms with Crippen LogP contribution in [0.3, 0.4) is 0 Å². The Morgan fingerprint density at radius 3 is 2.31 bits per heavy atom. The molecule has 0 radical (unpaired) electrons. The first-order chi connectivity index (χ1) is 6.25. The average Bonchev–Trinajstić information content (AvgIpc) is 2.11. The summed E-state index contributed by atoms with van der Waals surface area (Å²) in [5, 5.41) is 0. The van der Waals surface area contributed by atoms with E-state index in [9.17, 15) is 9.59 Å². The van der Waals surface area contributed by atoms with E-state index in [2.05, 4.69) is 16.6 Å². The van der Waals surface area contributed by atoms with Gasteiger partial charge in [-0.2, -0.15) is 9.98 Å². The molecule has 0 unspecified atom stereocenters. The maximum absolute atomic E-state index is 10.1. The minimum Gasteiger partial charge on any atom is -0.211 e. The Morgan fingerprint density at radius 2 is 1.85 bits per heavy atom. The van der Waals surface area contributed by atoms with Crippen LogP contribution in [0.5, 0.6) is 0 Å². The number of hydrogen-bond donors (Lipinski definition) is 0. The quantitative estimate of drug-likeness (QED) is 0.463. The van der Waals surface area contributed by atoms with Crippen molar-refractivity contribution in [3.8, 4) is 0 Å². The molecule has 1 rings (SSSR count). The lowest BCUT2D eigenvalue weighted by Crippen LogP contribution is -2.23. The smallest absolute Gasteiger partial charge is 0.211 e. The Hall–Kier alpha value is -2.02. The van der Waals surface area contributed by atoms with Gasteiger partial charge in [-0.1, -0.05) is 24.8 Å². The Balaban J connectivity index is 3.25. The van der Waals surface area contributed by atoms with Gasteiger partial charge in [0.05, 0.1) is 0 Å². The highest BCUT2D eigenvalue weighted by Gasteiger charge is 2.29. The highest BCUT2D eigenvalue weighted by atomic mass is 16.1. The van der Waals surface area contributed by atoms with Crippen molar-refractivity contribution in [2.24, 2.45) is 9.98 Å². The van der Waals surface area contributed by atoms with E-state index in [-0.39, 0.29) is 0 Å². The average molecular weight is 174 g/mol. The lowest BCUT2D eigenvalue weighted by Gasteiger charge is -2.20. The first-order valence-corrected chi connectivity index (χ1v) is 3.48. The molecule has 0 amide bonds. The van der Waals surface area contributed by atoms with E-state index in [1.54, 1.807) is 18.2 Å². The normalized spacial score (nSPS) is 24.8. The van der Waals surface area contributed by atoms with Crippen molar-refractivity contribution in [1.29, 1.82) is 0 Å². The highest BCUT2D eigenvalue weighted by Crippen LogP contribution is 2.27. The maximum atomic E-state index is 10.1. The monoisotopic (exact) mass is 174 g/mol. The van der Waals surface area contributed by atoms with Gasteiger partial charge < -0.3 is 0 Å². The summed E-state index contributed by atoms with van der Waals surface area (Å²) in [6, 6.07) is 0. The summed E-state index contributed by atoms with van der Waals surface area (Å²) in [5.74, 6) is 0. The summed E-state index contributed by atoms with van der Waals surface area (Å²) in [7, 11) is 0. The van der Waals surface area contributed by atoms with Gasteiger partial charge in [-0.05, 0) is 11.6 Å². The fraction of sp³-hybridized carbons (Fsp3) is 0.111. The highest BCUT2D eigenvalue weighted by molar-refractivity contribution is 5.50. The van der Waals surface area contributed by atoms with Crippen molar-refractivity contribution < 1.29 is 9.59 Å².